The first-order valence-corrected chi connectivity index (χ1v) is 16.8. The van der Waals surface area contributed by atoms with E-state index in [-0.39, 0.29) is 54.0 Å². The number of nitro groups is 1. The van der Waals surface area contributed by atoms with Crippen molar-refractivity contribution in [3.63, 3.8) is 0 Å². The Bertz CT molecular complexity index is 1550. The van der Waals surface area contributed by atoms with Crippen LogP contribution in [0.15, 0.2) is 53.5 Å². The topological polar surface area (TPSA) is 158 Å². The number of carbonyl (C=O) groups is 2. The van der Waals surface area contributed by atoms with Crippen molar-refractivity contribution < 1.29 is 23.9 Å². The van der Waals surface area contributed by atoms with Gasteiger partial charge in [0, 0.05) is 18.9 Å². The molecule has 3 aliphatic carbocycles. The van der Waals surface area contributed by atoms with Crippen LogP contribution in [0.1, 0.15) is 78.7 Å². The zero-order chi connectivity index (χ0) is 33.9. The highest BCUT2D eigenvalue weighted by Crippen LogP contribution is 2.65. The fourth-order valence-corrected chi connectivity index (χ4v) is 7.92. The van der Waals surface area contributed by atoms with Crippen LogP contribution in [0.5, 0.6) is 0 Å². The maximum Gasteiger partial charge on any atom is 0.481 e. The molecule has 0 radical (unpaired) electrons. The molecule has 252 valence electrons. The van der Waals surface area contributed by atoms with Crippen LogP contribution in [0, 0.1) is 39.2 Å². The van der Waals surface area contributed by atoms with Crippen LogP contribution in [-0.4, -0.2) is 54.0 Å². The van der Waals surface area contributed by atoms with Crippen LogP contribution in [-0.2, 0) is 18.9 Å². The van der Waals surface area contributed by atoms with E-state index in [1.165, 1.54) is 6.08 Å². The van der Waals surface area contributed by atoms with Gasteiger partial charge in [0.1, 0.15) is 0 Å². The number of amides is 1. The van der Waals surface area contributed by atoms with Crippen molar-refractivity contribution in [2.45, 2.75) is 90.8 Å². The van der Waals surface area contributed by atoms with E-state index in [9.17, 15) is 19.7 Å². The van der Waals surface area contributed by atoms with Crippen molar-refractivity contribution in [1.29, 1.82) is 0 Å². The summed E-state index contributed by atoms with van der Waals surface area (Å²) in [6.45, 7) is 11.2. The Hall–Kier alpha value is -3.77. The van der Waals surface area contributed by atoms with E-state index in [1.54, 1.807) is 6.08 Å². The van der Waals surface area contributed by atoms with Crippen LogP contribution < -0.4 is 16.5 Å². The molecule has 0 unspecified atom stereocenters. The summed E-state index contributed by atoms with van der Waals surface area (Å²) in [7, 11) is -0.576. The number of nitrogens with two attached hydrogens (primary N) is 1. The number of hydrogen-bond donors (Lipinski definition) is 3. The largest absolute Gasteiger partial charge is 0.481 e. The third kappa shape index (κ3) is 7.87. The Morgan fingerprint density at radius 2 is 1.91 bits per heavy atom. The highest BCUT2D eigenvalue weighted by Gasteiger charge is 2.68. The van der Waals surface area contributed by atoms with E-state index in [4.69, 9.17) is 15.0 Å². The molecule has 0 spiro atoms. The molecule has 4 N–H and O–H groups in total. The first-order chi connectivity index (χ1) is 22.3. The van der Waals surface area contributed by atoms with Crippen molar-refractivity contribution in [3.8, 4) is 0 Å². The van der Waals surface area contributed by atoms with Gasteiger partial charge in [-0.2, -0.15) is 0 Å². The number of hydrogen-bond acceptors (Lipinski definition) is 7. The Morgan fingerprint density at radius 1 is 1.17 bits per heavy atom. The number of nitrogens with zero attached hydrogens (tertiary/aromatic N) is 2. The minimum atomic E-state index is -0.779. The van der Waals surface area contributed by atoms with Crippen LogP contribution >= 0.6 is 0 Å². The van der Waals surface area contributed by atoms with Gasteiger partial charge >= 0.3 is 7.12 Å². The number of carbonyl (C=O) groups excluding carboxylic acids is 2. The molecule has 6 atom stereocenters. The second kappa shape index (κ2) is 14.2. The summed E-state index contributed by atoms with van der Waals surface area (Å²) in [4.78, 5) is 41.8. The van der Waals surface area contributed by atoms with E-state index in [2.05, 4.69) is 44.9 Å². The first-order valence-electron chi connectivity index (χ1n) is 16.8. The van der Waals surface area contributed by atoms with Crippen molar-refractivity contribution in [2.75, 3.05) is 6.54 Å². The lowest BCUT2D eigenvalue weighted by Crippen LogP contribution is -2.65. The quantitative estimate of drug-likeness (QED) is 0.0487. The van der Waals surface area contributed by atoms with Crippen molar-refractivity contribution in [1.82, 2.24) is 10.7 Å². The van der Waals surface area contributed by atoms with E-state index in [0.717, 1.165) is 29.2 Å². The van der Waals surface area contributed by atoms with Gasteiger partial charge in [-0.05, 0) is 90.7 Å². The number of nitrogens with one attached hydrogen (secondary N) is 2. The predicted octanol–water partition coefficient (Wildman–Crippen LogP) is 5.10. The van der Waals surface area contributed by atoms with Crippen molar-refractivity contribution >= 4 is 41.6 Å². The van der Waals surface area contributed by atoms with Gasteiger partial charge in [0.05, 0.1) is 17.6 Å². The van der Waals surface area contributed by atoms with E-state index in [0.29, 0.717) is 31.1 Å². The Kier molecular flexibility index (Phi) is 10.4. The molecule has 47 heavy (non-hydrogen) atoms. The molecule has 2 aromatic rings. The minimum absolute atomic E-state index is 0.00131. The number of hydrazine groups is 1. The molecule has 0 aromatic heterocycles. The molecule has 1 amide bonds. The molecule has 6 rings (SSSR count). The maximum absolute atomic E-state index is 13.9. The van der Waals surface area contributed by atoms with Crippen molar-refractivity contribution in [2.24, 2.45) is 39.8 Å². The molecular weight excluding hydrogens is 597 g/mol. The van der Waals surface area contributed by atoms with E-state index >= 15 is 0 Å². The Balaban J connectivity index is 1.28. The van der Waals surface area contributed by atoms with Gasteiger partial charge in [0.15, 0.2) is 10.8 Å². The van der Waals surface area contributed by atoms with Crippen LogP contribution in [0.4, 0.5) is 0 Å². The lowest BCUT2D eigenvalue weighted by Gasteiger charge is -2.64. The lowest BCUT2D eigenvalue weighted by atomic mass is 9.43. The summed E-state index contributed by atoms with van der Waals surface area (Å²) in [5.41, 5.74) is 8.07. The molecule has 2 aromatic carbocycles. The molecule has 4 fully saturated rings. The van der Waals surface area contributed by atoms with E-state index < -0.39 is 23.7 Å². The van der Waals surface area contributed by atoms with Gasteiger partial charge in [-0.25, -0.2) is 15.1 Å². The number of rotatable bonds is 14. The molecular formula is C35H48BN5O6. The normalized spacial score (nSPS) is 26.1. The average Bonchev–Trinajstić information content (AvgIpc) is 3.37. The summed E-state index contributed by atoms with van der Waals surface area (Å²) in [6, 6.07) is 14.0. The summed E-state index contributed by atoms with van der Waals surface area (Å²) in [6.07, 6.45) is 6.79. The lowest BCUT2D eigenvalue weighted by molar-refractivity contribution is -0.525. The third-order valence-corrected chi connectivity index (χ3v) is 10.6. The molecule has 1 saturated heterocycles. The van der Waals surface area contributed by atoms with Gasteiger partial charge in [0.2, 0.25) is 5.91 Å². The SMILES string of the molecule is CC(C)C[C@H](NC(=O)[C@H](CCCN=C(N)N[N+](=O)[O-])CC(=O)/C=C/c1ccc2ccccc2c1)B1O[C@@H]2C[C@H]3C[C@H](C3(C)C)[C@]2(C)O1. The summed E-state index contributed by atoms with van der Waals surface area (Å²) >= 11 is 0. The fraction of sp³-hybridized carbons (Fsp3) is 0.571. The van der Waals surface area contributed by atoms with Crippen LogP contribution in [0.2, 0.25) is 0 Å². The number of aliphatic imine (C=N–C) groups is 1. The van der Waals surface area contributed by atoms with Gasteiger partial charge < -0.3 is 20.4 Å². The highest BCUT2D eigenvalue weighted by atomic mass is 16.7. The zero-order valence-electron chi connectivity index (χ0n) is 28.1. The highest BCUT2D eigenvalue weighted by molar-refractivity contribution is 6.47. The number of ketones is 1. The Labute approximate surface area is 277 Å². The minimum Gasteiger partial charge on any atom is -0.404 e. The smallest absolute Gasteiger partial charge is 0.404 e. The maximum atomic E-state index is 13.9. The number of allylic oxidation sites excluding steroid dienone is 1. The molecule has 12 heteroatoms. The zero-order valence-corrected chi connectivity index (χ0v) is 28.1. The monoisotopic (exact) mass is 645 g/mol. The standard InChI is InChI=1S/C35H48BN5O6/c1-22(2)17-31(36-46-30-21-27-20-29(34(27,3)4)35(30,5)47-36)39-32(43)26(11-8-16-38-33(37)40-41(44)45)19-28(42)15-13-23-12-14-24-9-6-7-10-25(24)18-23/h6-7,9-10,12-15,18,22,26-27,29-31H,8,11,16-17,19-21H2,1-5H3,(H,39,43)(H3,37,38,40)/b15-13+/t26-,27-,29-,30-,31+,35+/m1/s1. The van der Waals surface area contributed by atoms with Gasteiger partial charge in [0.25, 0.3) is 5.96 Å². The molecule has 1 heterocycles. The average molecular weight is 646 g/mol. The fourth-order valence-electron chi connectivity index (χ4n) is 7.92. The summed E-state index contributed by atoms with van der Waals surface area (Å²) in [5, 5.41) is 15.3. The molecule has 3 saturated carbocycles. The molecule has 11 nitrogen and oxygen atoms in total. The summed E-state index contributed by atoms with van der Waals surface area (Å²) < 4.78 is 13.3. The second-order valence-corrected chi connectivity index (χ2v) is 14.7. The number of benzene rings is 2. The predicted molar refractivity (Wildman–Crippen MR) is 183 cm³/mol. The van der Waals surface area contributed by atoms with Crippen LogP contribution in [0.25, 0.3) is 16.8 Å². The molecule has 2 bridgehead atoms. The van der Waals surface area contributed by atoms with E-state index in [1.807, 2.05) is 47.9 Å². The number of fused-ring (bicyclic) bond motifs is 1. The second-order valence-electron chi connectivity index (χ2n) is 14.7. The Morgan fingerprint density at radius 3 is 2.62 bits per heavy atom. The summed E-state index contributed by atoms with van der Waals surface area (Å²) in [5.74, 6) is -0.485. The first kappa shape index (κ1) is 34.6. The third-order valence-electron chi connectivity index (χ3n) is 10.6. The van der Waals surface area contributed by atoms with Gasteiger partial charge in [-0.1, -0.05) is 75.6 Å². The van der Waals surface area contributed by atoms with Crippen molar-refractivity contribution in [3.05, 3.63) is 64.2 Å². The molecule has 1 aliphatic heterocycles. The number of guanidine groups is 1. The van der Waals surface area contributed by atoms with Gasteiger partial charge in [-0.15, -0.1) is 0 Å². The van der Waals surface area contributed by atoms with Crippen LogP contribution in [0.3, 0.4) is 0 Å². The molecule has 4 aliphatic rings. The van der Waals surface area contributed by atoms with Gasteiger partial charge in [-0.3, -0.25) is 9.59 Å².